The van der Waals surface area contributed by atoms with Crippen molar-refractivity contribution in [1.82, 2.24) is 0 Å². The van der Waals surface area contributed by atoms with E-state index in [1.54, 1.807) is 0 Å². The molecule has 0 saturated carbocycles. The maximum atomic E-state index is 3.86. The lowest BCUT2D eigenvalue weighted by molar-refractivity contribution is 2.12. The van der Waals surface area contributed by atoms with E-state index in [0.29, 0.717) is 0 Å². The van der Waals surface area contributed by atoms with E-state index in [4.69, 9.17) is 0 Å². The zero-order valence-corrected chi connectivity index (χ0v) is 8.73. The van der Waals surface area contributed by atoms with Crippen LogP contribution in [0.15, 0.2) is 12.0 Å². The van der Waals surface area contributed by atoms with Gasteiger partial charge in [0.25, 0.3) is 0 Å². The maximum Gasteiger partial charge on any atom is -0.0239 e. The third-order valence-electron chi connectivity index (χ3n) is 1.69. The Hall–Kier alpha value is 0.440. The average molecular weight is 166 g/mol. The minimum atomic E-state index is -0.488. The van der Waals surface area contributed by atoms with Crippen LogP contribution >= 0.6 is 18.1 Å². The van der Waals surface area contributed by atoms with E-state index in [1.165, 1.54) is 0 Å². The van der Waals surface area contributed by atoms with Gasteiger partial charge in [0.1, 0.15) is 0 Å². The molecule has 0 aromatic rings. The minimum absolute atomic E-state index is 0.387. The van der Waals surface area contributed by atoms with Crippen molar-refractivity contribution < 1.29 is 0 Å². The molecule has 0 bridgehead atoms. The quantitative estimate of drug-likeness (QED) is 0.553. The summed E-state index contributed by atoms with van der Waals surface area (Å²) in [5, 5.41) is 2.14. The van der Waals surface area contributed by atoms with Gasteiger partial charge in [-0.3, -0.25) is 0 Å². The molecule has 0 atom stereocenters. The predicted molar refractivity (Wildman–Crippen MR) is 55.0 cm³/mol. The Kier molecular flexibility index (Phi) is 2.71. The second-order valence-corrected chi connectivity index (χ2v) is 15.2. The van der Waals surface area contributed by atoms with E-state index in [1.807, 2.05) is 0 Å². The first-order chi connectivity index (χ1) is 3.81. The molecule has 0 amide bonds. The van der Waals surface area contributed by atoms with Gasteiger partial charge in [0.05, 0.1) is 0 Å². The third kappa shape index (κ3) is 2.26. The van der Waals surface area contributed by atoms with Crippen molar-refractivity contribution in [1.29, 1.82) is 0 Å². The van der Waals surface area contributed by atoms with E-state index in [-0.39, 0.29) is 9.06 Å². The van der Waals surface area contributed by atoms with Crippen molar-refractivity contribution >= 4 is 18.1 Å². The maximum absolute atomic E-state index is 3.86. The summed E-state index contributed by atoms with van der Waals surface area (Å²) in [5.74, 6) is 0. The van der Waals surface area contributed by atoms with E-state index in [0.717, 1.165) is 0 Å². The first-order valence-electron chi connectivity index (χ1n) is 2.85. The van der Waals surface area contributed by atoms with Crippen LogP contribution in [0.4, 0.5) is 0 Å². The Labute approximate surface area is 61.8 Å². The molecule has 0 aromatic heterocycles. The van der Waals surface area contributed by atoms with Crippen LogP contribution in [0.5, 0.6) is 0 Å². The highest BCUT2D eigenvalue weighted by atomic mass is 33.2. The van der Waals surface area contributed by atoms with Gasteiger partial charge < -0.3 is 0 Å². The summed E-state index contributed by atoms with van der Waals surface area (Å²) in [5.41, 5.74) is 0. The molecular weight excluding hydrogens is 148 g/mol. The molecule has 9 heavy (non-hydrogen) atoms. The zero-order valence-electron chi connectivity index (χ0n) is 7.10. The SMILES string of the molecule is C=CS(C)(C)S(C)(C)C. The highest BCUT2D eigenvalue weighted by molar-refractivity contribution is 9.08. The highest BCUT2D eigenvalue weighted by Gasteiger charge is 2.18. The second-order valence-electron chi connectivity index (χ2n) is 3.20. The lowest BCUT2D eigenvalue weighted by atomic mass is 11.3. The molecule has 0 heterocycles. The van der Waals surface area contributed by atoms with E-state index in [9.17, 15) is 0 Å². The Bertz CT molecular complexity index is 109. The average Bonchev–Trinajstić information content (AvgIpc) is 1.64. The molecule has 0 aliphatic carbocycles. The van der Waals surface area contributed by atoms with Crippen LogP contribution in [0.3, 0.4) is 0 Å². The monoisotopic (exact) mass is 166 g/mol. The van der Waals surface area contributed by atoms with Gasteiger partial charge in [0.2, 0.25) is 0 Å². The molecular formula is C7H18S2. The van der Waals surface area contributed by atoms with Crippen LogP contribution in [0.25, 0.3) is 0 Å². The van der Waals surface area contributed by atoms with Gasteiger partial charge >= 0.3 is 0 Å². The van der Waals surface area contributed by atoms with Crippen LogP contribution in [0.2, 0.25) is 0 Å². The second kappa shape index (κ2) is 2.59. The molecule has 0 saturated heterocycles. The van der Waals surface area contributed by atoms with Gasteiger partial charge in [-0.2, -0.15) is 9.06 Å². The molecule has 0 N–H and O–H groups in total. The van der Waals surface area contributed by atoms with E-state index in [2.05, 4.69) is 43.3 Å². The van der Waals surface area contributed by atoms with Crippen LogP contribution in [-0.2, 0) is 0 Å². The van der Waals surface area contributed by atoms with Gasteiger partial charge in [0.15, 0.2) is 0 Å². The van der Waals surface area contributed by atoms with Crippen molar-refractivity contribution in [2.24, 2.45) is 0 Å². The summed E-state index contributed by atoms with van der Waals surface area (Å²) in [6, 6.07) is 0. The van der Waals surface area contributed by atoms with Gasteiger partial charge in [-0.15, -0.1) is 0 Å². The van der Waals surface area contributed by atoms with Crippen molar-refractivity contribution in [3.8, 4) is 0 Å². The molecule has 0 aliphatic rings. The van der Waals surface area contributed by atoms with Crippen molar-refractivity contribution in [2.45, 2.75) is 0 Å². The summed E-state index contributed by atoms with van der Waals surface area (Å²) in [7, 11) is -0.876. The van der Waals surface area contributed by atoms with Crippen molar-refractivity contribution in [3.63, 3.8) is 0 Å². The van der Waals surface area contributed by atoms with Crippen LogP contribution in [-0.4, -0.2) is 31.3 Å². The highest BCUT2D eigenvalue weighted by Crippen LogP contribution is 2.72. The predicted octanol–water partition coefficient (Wildman–Crippen LogP) is 2.80. The first kappa shape index (κ1) is 9.44. The molecule has 0 spiro atoms. The molecule has 0 aliphatic heterocycles. The lowest BCUT2D eigenvalue weighted by Crippen LogP contribution is -2.00. The number of hydrogen-bond donors (Lipinski definition) is 0. The lowest BCUT2D eigenvalue weighted by Gasteiger charge is -2.46. The summed E-state index contributed by atoms with van der Waals surface area (Å²) < 4.78 is 0. The fourth-order valence-corrected chi connectivity index (χ4v) is 1.84. The molecule has 58 valence electrons. The number of hydrogen-bond acceptors (Lipinski definition) is 0. The van der Waals surface area contributed by atoms with E-state index < -0.39 is 9.06 Å². The van der Waals surface area contributed by atoms with E-state index >= 15 is 0 Å². The molecule has 0 nitrogen and oxygen atoms in total. The fourth-order valence-electron chi connectivity index (χ4n) is 0.204. The summed E-state index contributed by atoms with van der Waals surface area (Å²) >= 11 is 0. The smallest absolute Gasteiger partial charge is 0.0239 e. The van der Waals surface area contributed by atoms with Crippen molar-refractivity contribution in [2.75, 3.05) is 31.3 Å². The first-order valence-corrected chi connectivity index (χ1v) is 8.74. The van der Waals surface area contributed by atoms with Crippen molar-refractivity contribution in [3.05, 3.63) is 12.0 Å². The summed E-state index contributed by atoms with van der Waals surface area (Å²) in [4.78, 5) is 0. The number of rotatable bonds is 2. The Morgan fingerprint density at radius 3 is 1.33 bits per heavy atom. The van der Waals surface area contributed by atoms with Gasteiger partial charge in [-0.05, 0) is 36.7 Å². The largest absolute Gasteiger partial charge is 0.215 e. The fraction of sp³-hybridized carbons (Fsp3) is 0.714. The molecule has 0 rings (SSSR count). The summed E-state index contributed by atoms with van der Waals surface area (Å²) in [6.07, 6.45) is 11.7. The Balaban J connectivity index is 4.32. The Morgan fingerprint density at radius 2 is 1.33 bits per heavy atom. The standard InChI is InChI=1S/C7H18S2/c1-7-9(5,6)8(2,3)4/h7H,1H2,2-6H3. The molecule has 2 heteroatoms. The molecule has 0 aromatic carbocycles. The van der Waals surface area contributed by atoms with Gasteiger partial charge in [-0.1, -0.05) is 6.58 Å². The zero-order chi connectivity index (χ0) is 7.71. The molecule has 0 fully saturated rings. The Morgan fingerprint density at radius 1 is 1.00 bits per heavy atom. The van der Waals surface area contributed by atoms with Gasteiger partial charge in [0, 0.05) is 0 Å². The van der Waals surface area contributed by atoms with Crippen LogP contribution in [0.1, 0.15) is 0 Å². The van der Waals surface area contributed by atoms with Crippen LogP contribution < -0.4 is 0 Å². The molecule has 0 radical (unpaired) electrons. The van der Waals surface area contributed by atoms with Gasteiger partial charge in [-0.25, -0.2) is 9.06 Å². The normalized spacial score (nSPS) is 17.0. The van der Waals surface area contributed by atoms with Crippen LogP contribution in [0, 0.1) is 0 Å². The minimum Gasteiger partial charge on any atom is -0.215 e. The third-order valence-corrected chi connectivity index (χ3v) is 13.2. The molecule has 0 unspecified atom stereocenters. The topological polar surface area (TPSA) is 0 Å². The summed E-state index contributed by atoms with van der Waals surface area (Å²) in [6.45, 7) is 3.86.